The van der Waals surface area contributed by atoms with Crippen molar-refractivity contribution in [2.45, 2.75) is 64.5 Å². The second kappa shape index (κ2) is 7.10. The molecular weight excluding hydrogens is 228 g/mol. The maximum absolute atomic E-state index is 11.5. The molecule has 1 unspecified atom stereocenters. The Labute approximate surface area is 111 Å². The SMILES string of the molecule is CCNC(C)(CN(CC)C1CCCCC1)C(=O)O. The molecule has 0 heterocycles. The highest BCUT2D eigenvalue weighted by atomic mass is 16.4. The van der Waals surface area contributed by atoms with Gasteiger partial charge in [0.25, 0.3) is 0 Å². The zero-order chi connectivity index (χ0) is 13.6. The molecule has 1 atom stereocenters. The number of nitrogens with one attached hydrogen (secondary N) is 1. The van der Waals surface area contributed by atoms with Crippen molar-refractivity contribution < 1.29 is 9.90 Å². The summed E-state index contributed by atoms with van der Waals surface area (Å²) in [4.78, 5) is 13.8. The molecule has 0 aromatic carbocycles. The Balaban J connectivity index is 2.66. The maximum Gasteiger partial charge on any atom is 0.324 e. The lowest BCUT2D eigenvalue weighted by Crippen LogP contribution is -2.58. The Morgan fingerprint density at radius 2 is 1.94 bits per heavy atom. The van der Waals surface area contributed by atoms with E-state index < -0.39 is 11.5 Å². The summed E-state index contributed by atoms with van der Waals surface area (Å²) in [5.41, 5.74) is -0.831. The van der Waals surface area contributed by atoms with Crippen molar-refractivity contribution in [2.24, 2.45) is 0 Å². The molecule has 2 N–H and O–H groups in total. The molecule has 1 saturated carbocycles. The fraction of sp³-hybridized carbons (Fsp3) is 0.929. The second-order valence-corrected chi connectivity index (χ2v) is 5.52. The van der Waals surface area contributed by atoms with Crippen molar-refractivity contribution in [3.63, 3.8) is 0 Å². The Morgan fingerprint density at radius 1 is 1.33 bits per heavy atom. The van der Waals surface area contributed by atoms with Gasteiger partial charge >= 0.3 is 5.97 Å². The summed E-state index contributed by atoms with van der Waals surface area (Å²) >= 11 is 0. The third-order valence-corrected chi connectivity index (χ3v) is 4.06. The molecule has 1 aliphatic carbocycles. The third kappa shape index (κ3) is 3.95. The molecule has 4 nitrogen and oxygen atoms in total. The first-order chi connectivity index (χ1) is 8.53. The zero-order valence-electron chi connectivity index (χ0n) is 12.0. The zero-order valence-corrected chi connectivity index (χ0v) is 12.0. The second-order valence-electron chi connectivity index (χ2n) is 5.52. The van der Waals surface area contributed by atoms with E-state index in [0.29, 0.717) is 19.1 Å². The number of aliphatic carboxylic acids is 1. The van der Waals surface area contributed by atoms with Crippen molar-refractivity contribution in [1.82, 2.24) is 10.2 Å². The molecule has 0 amide bonds. The number of likely N-dealkylation sites (N-methyl/N-ethyl adjacent to an activating group) is 2. The molecule has 0 aromatic rings. The Morgan fingerprint density at radius 3 is 2.39 bits per heavy atom. The number of hydrogen-bond donors (Lipinski definition) is 2. The molecule has 0 saturated heterocycles. The third-order valence-electron chi connectivity index (χ3n) is 4.06. The molecule has 0 aliphatic heterocycles. The minimum Gasteiger partial charge on any atom is -0.480 e. The summed E-state index contributed by atoms with van der Waals surface area (Å²) in [5.74, 6) is -0.751. The summed E-state index contributed by atoms with van der Waals surface area (Å²) < 4.78 is 0. The van der Waals surface area contributed by atoms with E-state index in [4.69, 9.17) is 0 Å². The van der Waals surface area contributed by atoms with Crippen LogP contribution in [0.4, 0.5) is 0 Å². The number of carboxylic acids is 1. The number of hydrogen-bond acceptors (Lipinski definition) is 3. The van der Waals surface area contributed by atoms with Gasteiger partial charge in [0.2, 0.25) is 0 Å². The van der Waals surface area contributed by atoms with E-state index in [1.54, 1.807) is 6.92 Å². The van der Waals surface area contributed by atoms with Gasteiger partial charge in [0.15, 0.2) is 0 Å². The topological polar surface area (TPSA) is 52.6 Å². The summed E-state index contributed by atoms with van der Waals surface area (Å²) in [6.45, 7) is 8.09. The van der Waals surface area contributed by atoms with Crippen LogP contribution in [0.1, 0.15) is 52.9 Å². The molecular formula is C14H28N2O2. The molecule has 0 aromatic heterocycles. The van der Waals surface area contributed by atoms with E-state index in [9.17, 15) is 9.90 Å². The smallest absolute Gasteiger partial charge is 0.324 e. The molecule has 18 heavy (non-hydrogen) atoms. The highest BCUT2D eigenvalue weighted by Gasteiger charge is 2.35. The molecule has 1 fully saturated rings. The van der Waals surface area contributed by atoms with Crippen molar-refractivity contribution in [2.75, 3.05) is 19.6 Å². The van der Waals surface area contributed by atoms with E-state index in [0.717, 1.165) is 6.54 Å². The lowest BCUT2D eigenvalue weighted by Gasteiger charge is -2.38. The van der Waals surface area contributed by atoms with E-state index in [2.05, 4.69) is 17.1 Å². The van der Waals surface area contributed by atoms with Crippen molar-refractivity contribution >= 4 is 5.97 Å². The van der Waals surface area contributed by atoms with Gasteiger partial charge < -0.3 is 10.4 Å². The van der Waals surface area contributed by atoms with Crippen LogP contribution in [0.5, 0.6) is 0 Å². The van der Waals surface area contributed by atoms with Gasteiger partial charge in [-0.3, -0.25) is 9.69 Å². The highest BCUT2D eigenvalue weighted by Crippen LogP contribution is 2.23. The van der Waals surface area contributed by atoms with Gasteiger partial charge in [0.1, 0.15) is 5.54 Å². The lowest BCUT2D eigenvalue weighted by atomic mass is 9.92. The fourth-order valence-corrected chi connectivity index (χ4v) is 2.94. The summed E-state index contributed by atoms with van der Waals surface area (Å²) in [5, 5.41) is 12.5. The average Bonchev–Trinajstić information content (AvgIpc) is 2.37. The quantitative estimate of drug-likeness (QED) is 0.732. The van der Waals surface area contributed by atoms with E-state index >= 15 is 0 Å². The van der Waals surface area contributed by atoms with Crippen LogP contribution in [0.2, 0.25) is 0 Å². The van der Waals surface area contributed by atoms with Gasteiger partial charge in [-0.05, 0) is 32.9 Å². The van der Waals surface area contributed by atoms with Crippen molar-refractivity contribution in [3.8, 4) is 0 Å². The normalized spacial score (nSPS) is 20.9. The van der Waals surface area contributed by atoms with Crippen molar-refractivity contribution in [3.05, 3.63) is 0 Å². The largest absolute Gasteiger partial charge is 0.480 e. The predicted molar refractivity (Wildman–Crippen MR) is 73.8 cm³/mol. The Kier molecular flexibility index (Phi) is 6.09. The summed E-state index contributed by atoms with van der Waals surface area (Å²) in [7, 11) is 0. The van der Waals surface area contributed by atoms with Crippen LogP contribution in [0.25, 0.3) is 0 Å². The molecule has 0 radical (unpaired) electrons. The van der Waals surface area contributed by atoms with Gasteiger partial charge in [0.05, 0.1) is 0 Å². The van der Waals surface area contributed by atoms with Crippen molar-refractivity contribution in [1.29, 1.82) is 0 Å². The van der Waals surface area contributed by atoms with Crippen LogP contribution in [0.3, 0.4) is 0 Å². The summed E-state index contributed by atoms with van der Waals surface area (Å²) in [6, 6.07) is 0.570. The average molecular weight is 256 g/mol. The fourth-order valence-electron chi connectivity index (χ4n) is 2.94. The van der Waals surface area contributed by atoms with Gasteiger partial charge in [0, 0.05) is 12.6 Å². The van der Waals surface area contributed by atoms with E-state index in [1.807, 2.05) is 6.92 Å². The standard InChI is InChI=1S/C14H28N2O2/c1-4-15-14(3,13(17)18)11-16(5-2)12-9-7-6-8-10-12/h12,15H,4-11H2,1-3H3,(H,17,18). The minimum atomic E-state index is -0.831. The molecule has 1 aliphatic rings. The number of nitrogens with zero attached hydrogens (tertiary/aromatic N) is 1. The Bertz CT molecular complexity index is 265. The van der Waals surface area contributed by atoms with Crippen LogP contribution >= 0.6 is 0 Å². The van der Waals surface area contributed by atoms with Gasteiger partial charge in [-0.15, -0.1) is 0 Å². The van der Waals surface area contributed by atoms with Gasteiger partial charge in [-0.2, -0.15) is 0 Å². The molecule has 0 bridgehead atoms. The minimum absolute atomic E-state index is 0.570. The van der Waals surface area contributed by atoms with Gasteiger partial charge in [-0.25, -0.2) is 0 Å². The molecule has 0 spiro atoms. The number of carboxylic acid groups (broad SMARTS) is 1. The van der Waals surface area contributed by atoms with E-state index in [1.165, 1.54) is 32.1 Å². The van der Waals surface area contributed by atoms with Crippen LogP contribution in [0, 0.1) is 0 Å². The first kappa shape index (κ1) is 15.4. The monoisotopic (exact) mass is 256 g/mol. The summed E-state index contributed by atoms with van der Waals surface area (Å²) in [6.07, 6.45) is 6.33. The van der Waals surface area contributed by atoms with E-state index in [-0.39, 0.29) is 0 Å². The van der Waals surface area contributed by atoms with Crippen LogP contribution in [-0.4, -0.2) is 47.2 Å². The Hall–Kier alpha value is -0.610. The molecule has 4 heteroatoms. The molecule has 1 rings (SSSR count). The maximum atomic E-state index is 11.5. The predicted octanol–water partition coefficient (Wildman–Crippen LogP) is 2.09. The van der Waals surface area contributed by atoms with Crippen LogP contribution < -0.4 is 5.32 Å². The lowest BCUT2D eigenvalue weighted by molar-refractivity contribution is -0.145. The number of carbonyl (C=O) groups is 1. The highest BCUT2D eigenvalue weighted by molar-refractivity contribution is 5.78. The van der Waals surface area contributed by atoms with Gasteiger partial charge in [-0.1, -0.05) is 33.1 Å². The molecule has 106 valence electrons. The van der Waals surface area contributed by atoms with Crippen LogP contribution in [0.15, 0.2) is 0 Å². The number of rotatable bonds is 7. The first-order valence-electron chi connectivity index (χ1n) is 7.26. The van der Waals surface area contributed by atoms with Crippen LogP contribution in [-0.2, 0) is 4.79 Å². The first-order valence-corrected chi connectivity index (χ1v) is 7.26.